The van der Waals surface area contributed by atoms with E-state index in [1.807, 2.05) is 20.8 Å². The lowest BCUT2D eigenvalue weighted by Gasteiger charge is -2.22. The smallest absolute Gasteiger partial charge is 0.341 e. The maximum Gasteiger partial charge on any atom is 0.341 e. The van der Waals surface area contributed by atoms with Crippen molar-refractivity contribution in [1.82, 2.24) is 10.6 Å². The molecule has 0 bridgehead atoms. The summed E-state index contributed by atoms with van der Waals surface area (Å²) in [6.45, 7) is 10.1. The first kappa shape index (κ1) is 23.7. The second kappa shape index (κ2) is 9.44. The minimum atomic E-state index is -0.592. The van der Waals surface area contributed by atoms with Crippen molar-refractivity contribution in [2.75, 3.05) is 11.9 Å². The molecule has 3 N–H and O–H groups in total. The highest BCUT2D eigenvalue weighted by molar-refractivity contribution is 9.11. The van der Waals surface area contributed by atoms with Gasteiger partial charge in [0, 0.05) is 22.8 Å². The highest BCUT2D eigenvalue weighted by Gasteiger charge is 2.31. The molecule has 6 nitrogen and oxygen atoms in total. The number of esters is 1. The van der Waals surface area contributed by atoms with E-state index in [1.54, 1.807) is 11.3 Å². The van der Waals surface area contributed by atoms with Gasteiger partial charge in [0.1, 0.15) is 10.6 Å². The van der Waals surface area contributed by atoms with Crippen LogP contribution in [0, 0.1) is 5.92 Å². The summed E-state index contributed by atoms with van der Waals surface area (Å²) < 4.78 is 6.76. The lowest BCUT2D eigenvalue weighted by Crippen LogP contribution is -2.30. The van der Waals surface area contributed by atoms with E-state index in [1.165, 1.54) is 26.7 Å². The van der Waals surface area contributed by atoms with Crippen LogP contribution < -0.4 is 16.0 Å². The summed E-state index contributed by atoms with van der Waals surface area (Å²) >= 11 is 6.89. The van der Waals surface area contributed by atoms with E-state index < -0.39 is 5.60 Å². The van der Waals surface area contributed by atoms with E-state index in [-0.39, 0.29) is 12.0 Å². The molecule has 1 aliphatic heterocycles. The van der Waals surface area contributed by atoms with Crippen molar-refractivity contribution >= 4 is 55.6 Å². The number of aryl methyl sites for hydroxylation is 1. The Kier molecular flexibility index (Phi) is 7.00. The van der Waals surface area contributed by atoms with Crippen molar-refractivity contribution in [3.8, 4) is 0 Å². The Balaban J connectivity index is 1.52. The van der Waals surface area contributed by atoms with Gasteiger partial charge in [0.2, 0.25) is 0 Å². The average molecular weight is 541 g/mol. The molecule has 9 heteroatoms. The molecule has 2 aromatic rings. The first-order valence-corrected chi connectivity index (χ1v) is 13.5. The maximum absolute atomic E-state index is 13.1. The van der Waals surface area contributed by atoms with E-state index in [2.05, 4.69) is 38.8 Å². The van der Waals surface area contributed by atoms with Gasteiger partial charge >= 0.3 is 12.0 Å². The van der Waals surface area contributed by atoms with Crippen LogP contribution in [0.3, 0.4) is 0 Å². The van der Waals surface area contributed by atoms with Gasteiger partial charge in [0.05, 0.1) is 9.35 Å². The Labute approximate surface area is 205 Å². The van der Waals surface area contributed by atoms with Gasteiger partial charge in [-0.3, -0.25) is 5.32 Å². The number of halogens is 1. The number of rotatable bonds is 4. The second-order valence-corrected chi connectivity index (χ2v) is 13.1. The van der Waals surface area contributed by atoms with Crippen molar-refractivity contribution in [3.05, 3.63) is 35.8 Å². The molecule has 174 valence electrons. The van der Waals surface area contributed by atoms with Crippen LogP contribution in [-0.2, 0) is 37.1 Å². The molecule has 32 heavy (non-hydrogen) atoms. The summed E-state index contributed by atoms with van der Waals surface area (Å²) in [5.74, 6) is 0.151. The number of nitrogens with one attached hydrogen (secondary N) is 3. The monoisotopic (exact) mass is 539 g/mol. The van der Waals surface area contributed by atoms with E-state index >= 15 is 0 Å². The van der Waals surface area contributed by atoms with Crippen LogP contribution in [0.5, 0.6) is 0 Å². The van der Waals surface area contributed by atoms with E-state index in [4.69, 9.17) is 4.74 Å². The lowest BCUT2D eigenvalue weighted by atomic mass is 9.88. The number of fused-ring (bicyclic) bond motifs is 2. The molecular formula is C23H30BrN3O3S2. The Morgan fingerprint density at radius 2 is 1.97 bits per heavy atom. The largest absolute Gasteiger partial charge is 0.456 e. The van der Waals surface area contributed by atoms with E-state index in [0.717, 1.165) is 53.7 Å². The number of urea groups is 1. The number of carbonyl (C=O) groups excluding carboxylic acids is 2. The molecule has 0 spiro atoms. The predicted octanol–water partition coefficient (Wildman–Crippen LogP) is 5.62. The number of anilines is 1. The van der Waals surface area contributed by atoms with Crippen molar-refractivity contribution in [3.63, 3.8) is 0 Å². The van der Waals surface area contributed by atoms with Gasteiger partial charge in [-0.15, -0.1) is 22.7 Å². The quantitative estimate of drug-likeness (QED) is 0.440. The van der Waals surface area contributed by atoms with Gasteiger partial charge in [0.25, 0.3) is 0 Å². The summed E-state index contributed by atoms with van der Waals surface area (Å²) in [5.41, 5.74) is 3.46. The zero-order chi connectivity index (χ0) is 23.0. The van der Waals surface area contributed by atoms with Crippen LogP contribution in [0.15, 0.2) is 3.79 Å². The Hall–Kier alpha value is -1.42. The lowest BCUT2D eigenvalue weighted by molar-refractivity contribution is 0.00697. The molecule has 3 heterocycles. The van der Waals surface area contributed by atoms with Gasteiger partial charge in [-0.25, -0.2) is 9.59 Å². The fourth-order valence-corrected chi connectivity index (χ4v) is 7.50. The van der Waals surface area contributed by atoms with Crippen LogP contribution >= 0.6 is 38.6 Å². The molecule has 0 aromatic carbocycles. The summed E-state index contributed by atoms with van der Waals surface area (Å²) in [6.07, 6.45) is 3.84. The summed E-state index contributed by atoms with van der Waals surface area (Å²) in [4.78, 5) is 28.4. The standard InChI is InChI=1S/C23H30BrN3O3S2/c1-12-5-6-16-14(9-12)18(21(28)30-23(2,3)4)20(32-16)27-22(29)26-10-15-13-7-8-25-11-17(13)31-19(15)24/h12,25H,5-11H2,1-4H3,(H2,26,27,29). The SMILES string of the molecule is CC1CCc2sc(NC(=O)NCc3c(Br)sc4c3CCNC4)c(C(=O)OC(C)(C)C)c2C1. The molecule has 0 saturated carbocycles. The number of ether oxygens (including phenoxy) is 1. The third-order valence-electron chi connectivity index (χ3n) is 5.75. The number of amides is 2. The molecule has 2 amide bonds. The fourth-order valence-electron chi connectivity index (χ4n) is 4.25. The minimum absolute atomic E-state index is 0.303. The number of hydrogen-bond acceptors (Lipinski definition) is 6. The fraction of sp³-hybridized carbons (Fsp3) is 0.565. The van der Waals surface area contributed by atoms with Crippen LogP contribution in [0.1, 0.15) is 70.9 Å². The molecule has 0 fully saturated rings. The first-order chi connectivity index (χ1) is 15.1. The van der Waals surface area contributed by atoms with Gasteiger partial charge in [-0.1, -0.05) is 6.92 Å². The molecule has 0 saturated heterocycles. The Morgan fingerprint density at radius 1 is 1.19 bits per heavy atom. The highest BCUT2D eigenvalue weighted by atomic mass is 79.9. The van der Waals surface area contributed by atoms with Gasteiger partial charge < -0.3 is 15.4 Å². The molecule has 1 atom stereocenters. The number of hydrogen-bond donors (Lipinski definition) is 3. The predicted molar refractivity (Wildman–Crippen MR) is 134 cm³/mol. The zero-order valence-corrected chi connectivity index (χ0v) is 22.2. The highest BCUT2D eigenvalue weighted by Crippen LogP contribution is 2.40. The Bertz CT molecular complexity index is 1040. The molecular weight excluding hydrogens is 510 g/mol. The van der Waals surface area contributed by atoms with Crippen molar-refractivity contribution in [2.24, 2.45) is 5.92 Å². The number of carbonyl (C=O) groups is 2. The average Bonchev–Trinajstić information content (AvgIpc) is 3.20. The van der Waals surface area contributed by atoms with Crippen LogP contribution in [0.25, 0.3) is 0 Å². The molecule has 1 aliphatic carbocycles. The minimum Gasteiger partial charge on any atom is -0.456 e. The topological polar surface area (TPSA) is 79.5 Å². The van der Waals surface area contributed by atoms with Crippen LogP contribution in [-0.4, -0.2) is 24.1 Å². The maximum atomic E-state index is 13.1. The molecule has 1 unspecified atom stereocenters. The summed E-state index contributed by atoms with van der Waals surface area (Å²) in [5, 5.41) is 9.92. The van der Waals surface area contributed by atoms with Gasteiger partial charge in [0.15, 0.2) is 0 Å². The summed E-state index contributed by atoms with van der Waals surface area (Å²) in [6, 6.07) is -0.303. The van der Waals surface area contributed by atoms with Crippen molar-refractivity contribution < 1.29 is 14.3 Å². The normalized spacial score (nSPS) is 18.0. The molecule has 0 radical (unpaired) electrons. The van der Waals surface area contributed by atoms with Crippen molar-refractivity contribution in [2.45, 2.75) is 72.1 Å². The van der Waals surface area contributed by atoms with Gasteiger partial charge in [-0.2, -0.15) is 0 Å². The third kappa shape index (κ3) is 5.21. The van der Waals surface area contributed by atoms with Gasteiger partial charge in [-0.05, 0) is 91.5 Å². The van der Waals surface area contributed by atoms with Crippen molar-refractivity contribution in [1.29, 1.82) is 0 Å². The van der Waals surface area contributed by atoms with E-state index in [9.17, 15) is 9.59 Å². The molecule has 2 aliphatic rings. The first-order valence-electron chi connectivity index (χ1n) is 11.0. The molecule has 4 rings (SSSR count). The number of thiophene rings is 2. The van der Waals surface area contributed by atoms with Crippen LogP contribution in [0.4, 0.5) is 9.80 Å². The third-order valence-corrected chi connectivity index (χ3v) is 8.99. The van der Waals surface area contributed by atoms with E-state index in [0.29, 0.717) is 23.0 Å². The molecule has 2 aromatic heterocycles. The Morgan fingerprint density at radius 3 is 2.72 bits per heavy atom. The zero-order valence-electron chi connectivity index (χ0n) is 18.9. The second-order valence-electron chi connectivity index (χ2n) is 9.55. The summed E-state index contributed by atoms with van der Waals surface area (Å²) in [7, 11) is 0. The van der Waals surface area contributed by atoms with Crippen LogP contribution in [0.2, 0.25) is 0 Å².